The van der Waals surface area contributed by atoms with Crippen LogP contribution in [0.3, 0.4) is 0 Å². The van der Waals surface area contributed by atoms with E-state index in [4.69, 9.17) is 4.74 Å². The third-order valence-electron chi connectivity index (χ3n) is 5.93. The summed E-state index contributed by atoms with van der Waals surface area (Å²) in [5.41, 5.74) is 1.53. The molecule has 2 aromatic heterocycles. The van der Waals surface area contributed by atoms with Crippen molar-refractivity contribution in [2.75, 3.05) is 37.8 Å². The predicted octanol–water partition coefficient (Wildman–Crippen LogP) is 2.75. The molecule has 5 rings (SSSR count). The molecule has 1 aliphatic heterocycles. The molecule has 3 aromatic rings. The Morgan fingerprint density at radius 2 is 2.03 bits per heavy atom. The van der Waals surface area contributed by atoms with E-state index in [1.807, 2.05) is 24.3 Å². The van der Waals surface area contributed by atoms with Crippen molar-refractivity contribution >= 4 is 34.6 Å². The maximum atomic E-state index is 13.2. The lowest BCUT2D eigenvalue weighted by atomic mass is 10.1. The van der Waals surface area contributed by atoms with Crippen LogP contribution in [0.15, 0.2) is 30.6 Å². The number of hydrogen-bond donors (Lipinski definition) is 3. The van der Waals surface area contributed by atoms with Crippen LogP contribution in [0.1, 0.15) is 19.3 Å². The summed E-state index contributed by atoms with van der Waals surface area (Å²) in [6.45, 7) is 2.05. The highest BCUT2D eigenvalue weighted by molar-refractivity contribution is 5.92. The average molecular weight is 455 g/mol. The first-order valence-electron chi connectivity index (χ1n) is 11.1. The summed E-state index contributed by atoms with van der Waals surface area (Å²) in [6, 6.07) is 6.72. The second-order valence-corrected chi connectivity index (χ2v) is 8.51. The molecule has 0 bridgehead atoms. The summed E-state index contributed by atoms with van der Waals surface area (Å²) in [6.07, 6.45) is 2.89. The van der Waals surface area contributed by atoms with Crippen LogP contribution >= 0.6 is 0 Å². The molecular formula is C22H27FN8O2. The number of rotatable bonds is 6. The number of amides is 1. The number of fused-ring (bicyclic) bond motifs is 1. The SMILES string of the molecule is CNc1nc(Nc2cccc(OC3CCN(C)CC3)c2)nc2c1ncn2C(=O)NC1CC1F. The van der Waals surface area contributed by atoms with Crippen molar-refractivity contribution in [3.63, 3.8) is 0 Å². The van der Waals surface area contributed by atoms with Gasteiger partial charge in [-0.25, -0.2) is 18.7 Å². The van der Waals surface area contributed by atoms with Crippen molar-refractivity contribution in [2.24, 2.45) is 0 Å². The van der Waals surface area contributed by atoms with E-state index in [-0.39, 0.29) is 6.10 Å². The zero-order valence-electron chi connectivity index (χ0n) is 18.6. The Labute approximate surface area is 190 Å². The Hall–Kier alpha value is -3.47. The first-order valence-corrected chi connectivity index (χ1v) is 11.1. The Bertz CT molecular complexity index is 1160. The van der Waals surface area contributed by atoms with Gasteiger partial charge in [0.05, 0.1) is 6.04 Å². The second-order valence-electron chi connectivity index (χ2n) is 8.51. The number of carbonyl (C=O) groups excluding carboxylic acids is 1. The molecule has 3 N–H and O–H groups in total. The van der Waals surface area contributed by atoms with Crippen molar-refractivity contribution in [2.45, 2.75) is 37.6 Å². The van der Waals surface area contributed by atoms with E-state index in [0.717, 1.165) is 37.4 Å². The van der Waals surface area contributed by atoms with Crippen molar-refractivity contribution in [1.29, 1.82) is 0 Å². The molecule has 1 aliphatic carbocycles. The van der Waals surface area contributed by atoms with E-state index in [9.17, 15) is 9.18 Å². The number of aromatic nitrogens is 4. The number of ether oxygens (including phenoxy) is 1. The third-order valence-corrected chi connectivity index (χ3v) is 5.93. The number of nitrogens with one attached hydrogen (secondary N) is 3. The van der Waals surface area contributed by atoms with Gasteiger partial charge in [-0.05, 0) is 32.0 Å². The lowest BCUT2D eigenvalue weighted by Crippen LogP contribution is -2.35. The summed E-state index contributed by atoms with van der Waals surface area (Å²) in [5, 5.41) is 8.82. The van der Waals surface area contributed by atoms with Gasteiger partial charge >= 0.3 is 6.03 Å². The number of hydrogen-bond acceptors (Lipinski definition) is 8. The molecule has 1 aromatic carbocycles. The van der Waals surface area contributed by atoms with Crippen LogP contribution < -0.4 is 20.7 Å². The van der Waals surface area contributed by atoms with Crippen LogP contribution in [0.2, 0.25) is 0 Å². The monoisotopic (exact) mass is 454 g/mol. The van der Waals surface area contributed by atoms with Crippen LogP contribution in [0.4, 0.5) is 26.6 Å². The number of anilines is 3. The summed E-state index contributed by atoms with van der Waals surface area (Å²) < 4.78 is 20.7. The molecule has 3 heterocycles. The topological polar surface area (TPSA) is 109 Å². The van der Waals surface area contributed by atoms with Gasteiger partial charge in [0.15, 0.2) is 17.0 Å². The number of carbonyl (C=O) groups is 1. The second kappa shape index (κ2) is 8.81. The highest BCUT2D eigenvalue weighted by atomic mass is 19.1. The Balaban J connectivity index is 1.36. The van der Waals surface area contributed by atoms with E-state index in [1.165, 1.54) is 10.9 Å². The molecule has 2 unspecified atom stereocenters. The zero-order valence-corrected chi connectivity index (χ0v) is 18.6. The van der Waals surface area contributed by atoms with E-state index in [0.29, 0.717) is 29.4 Å². The van der Waals surface area contributed by atoms with Gasteiger partial charge in [-0.2, -0.15) is 9.97 Å². The number of halogens is 1. The molecule has 2 atom stereocenters. The Morgan fingerprint density at radius 3 is 2.76 bits per heavy atom. The zero-order chi connectivity index (χ0) is 22.9. The van der Waals surface area contributed by atoms with Crippen LogP contribution in [-0.4, -0.2) is 76.0 Å². The predicted molar refractivity (Wildman–Crippen MR) is 123 cm³/mol. The number of imidazole rings is 1. The maximum Gasteiger partial charge on any atom is 0.328 e. The van der Waals surface area contributed by atoms with Crippen molar-refractivity contribution in [3.8, 4) is 5.75 Å². The third kappa shape index (κ3) is 4.68. The molecular weight excluding hydrogens is 427 g/mol. The first-order chi connectivity index (χ1) is 16.0. The normalized spacial score (nSPS) is 21.1. The molecule has 0 radical (unpaired) electrons. The largest absolute Gasteiger partial charge is 0.490 e. The Kier molecular flexibility index (Phi) is 5.71. The molecule has 2 fully saturated rings. The lowest BCUT2D eigenvalue weighted by molar-refractivity contribution is 0.114. The molecule has 1 saturated carbocycles. The van der Waals surface area contributed by atoms with Crippen LogP contribution in [-0.2, 0) is 0 Å². The summed E-state index contributed by atoms with van der Waals surface area (Å²) in [5.74, 6) is 1.55. The minimum Gasteiger partial charge on any atom is -0.490 e. The molecule has 11 heteroatoms. The minimum atomic E-state index is -0.993. The van der Waals surface area contributed by atoms with Crippen molar-refractivity contribution < 1.29 is 13.9 Å². The van der Waals surface area contributed by atoms with Gasteiger partial charge in [0.25, 0.3) is 0 Å². The first kappa shape index (κ1) is 21.4. The van der Waals surface area contributed by atoms with Gasteiger partial charge in [-0.15, -0.1) is 0 Å². The summed E-state index contributed by atoms with van der Waals surface area (Å²) in [7, 11) is 3.84. The van der Waals surface area contributed by atoms with Crippen molar-refractivity contribution in [1.82, 2.24) is 29.7 Å². The molecule has 0 spiro atoms. The van der Waals surface area contributed by atoms with Crippen LogP contribution in [0, 0.1) is 0 Å². The maximum absolute atomic E-state index is 13.2. The fraction of sp³-hybridized carbons (Fsp3) is 0.455. The van der Waals surface area contributed by atoms with E-state index in [1.54, 1.807) is 7.05 Å². The summed E-state index contributed by atoms with van der Waals surface area (Å²) in [4.78, 5) is 28.1. The number of benzene rings is 1. The fourth-order valence-electron chi connectivity index (χ4n) is 3.89. The highest BCUT2D eigenvalue weighted by Gasteiger charge is 2.39. The fourth-order valence-corrected chi connectivity index (χ4v) is 3.89. The van der Waals surface area contributed by atoms with Gasteiger partial charge in [-0.1, -0.05) is 6.07 Å². The smallest absolute Gasteiger partial charge is 0.328 e. The van der Waals surface area contributed by atoms with E-state index >= 15 is 0 Å². The minimum absolute atomic E-state index is 0.197. The standard InChI is InChI=1S/C22H27FN8O2/c1-24-19-18-20(31(12-25-18)22(32)27-17-11-16(17)23)29-21(28-19)26-13-4-3-5-15(10-13)33-14-6-8-30(2)9-7-14/h3-5,10,12,14,16-17H,6-9,11H2,1-2H3,(H,27,32)(H2,24,26,28,29). The number of likely N-dealkylation sites (tertiary alicyclic amines) is 1. The van der Waals surface area contributed by atoms with Gasteiger partial charge in [-0.3, -0.25) is 0 Å². The molecule has 1 saturated heterocycles. The highest BCUT2D eigenvalue weighted by Crippen LogP contribution is 2.27. The molecule has 2 aliphatic rings. The molecule has 1 amide bonds. The molecule has 33 heavy (non-hydrogen) atoms. The quantitative estimate of drug-likeness (QED) is 0.522. The number of nitrogens with zero attached hydrogens (tertiary/aromatic N) is 5. The number of alkyl halides is 1. The van der Waals surface area contributed by atoms with Gasteiger partial charge in [0, 0.05) is 38.3 Å². The summed E-state index contributed by atoms with van der Waals surface area (Å²) >= 11 is 0. The van der Waals surface area contributed by atoms with Crippen molar-refractivity contribution in [3.05, 3.63) is 30.6 Å². The lowest BCUT2D eigenvalue weighted by Gasteiger charge is -2.29. The van der Waals surface area contributed by atoms with Crippen LogP contribution in [0.5, 0.6) is 5.75 Å². The van der Waals surface area contributed by atoms with Gasteiger partial charge in [0.2, 0.25) is 5.95 Å². The van der Waals surface area contributed by atoms with Crippen LogP contribution in [0.25, 0.3) is 11.2 Å². The van der Waals surface area contributed by atoms with E-state index < -0.39 is 18.2 Å². The van der Waals surface area contributed by atoms with E-state index in [2.05, 4.69) is 42.8 Å². The van der Waals surface area contributed by atoms with Gasteiger partial charge in [0.1, 0.15) is 24.4 Å². The molecule has 10 nitrogen and oxygen atoms in total. The van der Waals surface area contributed by atoms with Gasteiger partial charge < -0.3 is 25.6 Å². The molecule has 174 valence electrons. The Morgan fingerprint density at radius 1 is 1.24 bits per heavy atom. The number of piperidine rings is 1. The average Bonchev–Trinajstić information content (AvgIpc) is 3.32.